The number of nitro benzene ring substituents is 1. The molecule has 0 spiro atoms. The second-order valence-electron chi connectivity index (χ2n) is 6.25. The number of nitro groups is 1. The van der Waals surface area contributed by atoms with E-state index in [-0.39, 0.29) is 17.3 Å². The Balaban J connectivity index is 1.73. The van der Waals surface area contributed by atoms with Crippen molar-refractivity contribution in [2.24, 2.45) is 0 Å². The third-order valence-electron chi connectivity index (χ3n) is 4.31. The van der Waals surface area contributed by atoms with Crippen molar-refractivity contribution in [1.82, 2.24) is 14.7 Å². The largest absolute Gasteiger partial charge is 0.336 e. The lowest BCUT2D eigenvalue weighted by Gasteiger charge is -2.16. The molecule has 0 aliphatic rings. The van der Waals surface area contributed by atoms with Crippen molar-refractivity contribution < 1.29 is 9.72 Å². The van der Waals surface area contributed by atoms with Gasteiger partial charge in [-0.3, -0.25) is 14.9 Å². The fourth-order valence-corrected chi connectivity index (χ4v) is 2.75. The first-order valence-electron chi connectivity index (χ1n) is 8.61. The van der Waals surface area contributed by atoms with Crippen molar-refractivity contribution in [3.05, 3.63) is 87.7 Å². The van der Waals surface area contributed by atoms with E-state index in [1.54, 1.807) is 36.3 Å². The fraction of sp³-hybridized carbons (Fsp3) is 0.200. The van der Waals surface area contributed by atoms with E-state index in [2.05, 4.69) is 24.2 Å². The van der Waals surface area contributed by atoms with E-state index >= 15 is 0 Å². The minimum atomic E-state index is -0.462. The Morgan fingerprint density at radius 1 is 1.15 bits per heavy atom. The summed E-state index contributed by atoms with van der Waals surface area (Å²) < 4.78 is 1.46. The van der Waals surface area contributed by atoms with Crippen molar-refractivity contribution in [3.8, 4) is 5.69 Å². The van der Waals surface area contributed by atoms with Crippen LogP contribution in [-0.4, -0.2) is 32.6 Å². The molecule has 0 unspecified atom stereocenters. The summed E-state index contributed by atoms with van der Waals surface area (Å²) >= 11 is 0. The molecule has 2 aromatic carbocycles. The van der Waals surface area contributed by atoms with Crippen LogP contribution in [0.25, 0.3) is 5.69 Å². The van der Waals surface area contributed by atoms with Crippen LogP contribution in [0.5, 0.6) is 0 Å². The van der Waals surface area contributed by atoms with Crippen LogP contribution in [0.3, 0.4) is 0 Å². The predicted molar refractivity (Wildman–Crippen MR) is 102 cm³/mol. The summed E-state index contributed by atoms with van der Waals surface area (Å²) in [5, 5.41) is 15.2. The molecule has 1 heterocycles. The van der Waals surface area contributed by atoms with Gasteiger partial charge in [-0.2, -0.15) is 5.10 Å². The van der Waals surface area contributed by atoms with Crippen LogP contribution >= 0.6 is 0 Å². The molecule has 0 fully saturated rings. The first kappa shape index (κ1) is 18.3. The summed E-state index contributed by atoms with van der Waals surface area (Å²) in [7, 11) is 1.72. The average Bonchev–Trinajstić information content (AvgIpc) is 3.18. The molecule has 3 aromatic rings. The van der Waals surface area contributed by atoms with E-state index in [9.17, 15) is 14.9 Å². The number of aryl methyl sites for hydroxylation is 1. The SMILES string of the molecule is CCc1ccc(CN(C)C(=O)c2ccn(-c3cccc([N+](=O)[O-])c3)n2)cc1. The van der Waals surface area contributed by atoms with E-state index in [0.717, 1.165) is 12.0 Å². The van der Waals surface area contributed by atoms with Gasteiger partial charge >= 0.3 is 0 Å². The Labute approximate surface area is 157 Å². The summed E-state index contributed by atoms with van der Waals surface area (Å²) in [4.78, 5) is 24.7. The summed E-state index contributed by atoms with van der Waals surface area (Å²) in [5.41, 5.74) is 3.09. The van der Waals surface area contributed by atoms with E-state index in [1.165, 1.54) is 22.4 Å². The minimum absolute atomic E-state index is 0.0245. The molecule has 7 heteroatoms. The summed E-state index contributed by atoms with van der Waals surface area (Å²) in [6.45, 7) is 2.58. The van der Waals surface area contributed by atoms with Gasteiger partial charge in [-0.25, -0.2) is 4.68 Å². The number of hydrogen-bond donors (Lipinski definition) is 0. The Morgan fingerprint density at radius 3 is 2.52 bits per heavy atom. The van der Waals surface area contributed by atoms with Crippen LogP contribution in [0.4, 0.5) is 5.69 Å². The Hall–Kier alpha value is -3.48. The Morgan fingerprint density at radius 2 is 1.85 bits per heavy atom. The number of hydrogen-bond acceptors (Lipinski definition) is 4. The fourth-order valence-electron chi connectivity index (χ4n) is 2.75. The topological polar surface area (TPSA) is 81.3 Å². The molecule has 0 radical (unpaired) electrons. The highest BCUT2D eigenvalue weighted by molar-refractivity contribution is 5.92. The molecule has 3 rings (SSSR count). The monoisotopic (exact) mass is 364 g/mol. The number of benzene rings is 2. The molecule has 0 aliphatic carbocycles. The number of rotatable bonds is 6. The molecular weight excluding hydrogens is 344 g/mol. The van der Waals surface area contributed by atoms with Gasteiger partial charge in [0.2, 0.25) is 0 Å². The highest BCUT2D eigenvalue weighted by Crippen LogP contribution is 2.17. The molecule has 0 N–H and O–H groups in total. The Bertz CT molecular complexity index is 963. The molecule has 7 nitrogen and oxygen atoms in total. The van der Waals surface area contributed by atoms with Gasteiger partial charge in [-0.1, -0.05) is 37.3 Å². The van der Waals surface area contributed by atoms with E-state index in [4.69, 9.17) is 0 Å². The quantitative estimate of drug-likeness (QED) is 0.494. The van der Waals surface area contributed by atoms with E-state index in [1.807, 2.05) is 12.1 Å². The second-order valence-corrected chi connectivity index (χ2v) is 6.25. The lowest BCUT2D eigenvalue weighted by molar-refractivity contribution is -0.384. The lowest BCUT2D eigenvalue weighted by atomic mass is 10.1. The van der Waals surface area contributed by atoms with Gasteiger partial charge in [-0.05, 0) is 29.7 Å². The van der Waals surface area contributed by atoms with E-state index in [0.29, 0.717) is 12.2 Å². The number of carbonyl (C=O) groups is 1. The standard InChI is InChI=1S/C20H20N4O3/c1-3-15-7-9-16(10-8-15)14-22(2)20(25)19-11-12-23(21-19)17-5-4-6-18(13-17)24(26)27/h4-13H,3,14H2,1-2H3. The molecule has 1 amide bonds. The lowest BCUT2D eigenvalue weighted by Crippen LogP contribution is -2.26. The molecule has 0 saturated heterocycles. The highest BCUT2D eigenvalue weighted by Gasteiger charge is 2.16. The van der Waals surface area contributed by atoms with Crippen LogP contribution in [0.15, 0.2) is 60.8 Å². The summed E-state index contributed by atoms with van der Waals surface area (Å²) in [6.07, 6.45) is 2.60. The normalized spacial score (nSPS) is 10.6. The first-order valence-corrected chi connectivity index (χ1v) is 8.61. The van der Waals surface area contributed by atoms with E-state index < -0.39 is 4.92 Å². The molecular formula is C20H20N4O3. The van der Waals surface area contributed by atoms with Gasteiger partial charge in [0.15, 0.2) is 5.69 Å². The van der Waals surface area contributed by atoms with Gasteiger partial charge < -0.3 is 4.90 Å². The van der Waals surface area contributed by atoms with Crippen LogP contribution in [0.2, 0.25) is 0 Å². The highest BCUT2D eigenvalue weighted by atomic mass is 16.6. The van der Waals surface area contributed by atoms with Crippen LogP contribution in [-0.2, 0) is 13.0 Å². The average molecular weight is 364 g/mol. The smallest absolute Gasteiger partial charge is 0.274 e. The molecule has 138 valence electrons. The molecule has 0 bridgehead atoms. The van der Waals surface area contributed by atoms with Crippen molar-refractivity contribution >= 4 is 11.6 Å². The minimum Gasteiger partial charge on any atom is -0.336 e. The van der Waals surface area contributed by atoms with Crippen LogP contribution in [0, 0.1) is 10.1 Å². The van der Waals surface area contributed by atoms with Crippen LogP contribution in [0.1, 0.15) is 28.5 Å². The predicted octanol–water partition coefficient (Wildman–Crippen LogP) is 3.62. The van der Waals surface area contributed by atoms with Gasteiger partial charge in [0.05, 0.1) is 10.6 Å². The number of aromatic nitrogens is 2. The molecule has 1 aromatic heterocycles. The summed E-state index contributed by atoms with van der Waals surface area (Å²) in [6, 6.07) is 15.9. The Kier molecular flexibility index (Phi) is 5.30. The number of non-ortho nitro benzene ring substituents is 1. The van der Waals surface area contributed by atoms with Gasteiger partial charge in [-0.15, -0.1) is 0 Å². The van der Waals surface area contributed by atoms with Crippen molar-refractivity contribution in [2.45, 2.75) is 19.9 Å². The maximum absolute atomic E-state index is 12.6. The summed E-state index contributed by atoms with van der Waals surface area (Å²) in [5.74, 6) is -0.209. The van der Waals surface area contributed by atoms with Gasteiger partial charge in [0.25, 0.3) is 11.6 Å². The van der Waals surface area contributed by atoms with Crippen molar-refractivity contribution in [3.63, 3.8) is 0 Å². The second kappa shape index (κ2) is 7.82. The molecule has 0 saturated carbocycles. The third-order valence-corrected chi connectivity index (χ3v) is 4.31. The van der Waals surface area contributed by atoms with Crippen molar-refractivity contribution in [1.29, 1.82) is 0 Å². The van der Waals surface area contributed by atoms with Crippen molar-refractivity contribution in [2.75, 3.05) is 7.05 Å². The van der Waals surface area contributed by atoms with Crippen LogP contribution < -0.4 is 0 Å². The number of nitrogens with zero attached hydrogens (tertiary/aromatic N) is 4. The van der Waals surface area contributed by atoms with Gasteiger partial charge in [0, 0.05) is 31.9 Å². The molecule has 27 heavy (non-hydrogen) atoms. The zero-order chi connectivity index (χ0) is 19.4. The number of carbonyl (C=O) groups excluding carboxylic acids is 1. The molecule has 0 atom stereocenters. The molecule has 0 aliphatic heterocycles. The number of amides is 1. The zero-order valence-corrected chi connectivity index (χ0v) is 15.2. The van der Waals surface area contributed by atoms with Gasteiger partial charge in [0.1, 0.15) is 0 Å². The maximum atomic E-state index is 12.6. The zero-order valence-electron chi connectivity index (χ0n) is 15.2. The maximum Gasteiger partial charge on any atom is 0.274 e. The third kappa shape index (κ3) is 4.20. The first-order chi connectivity index (χ1) is 13.0.